The average molecular weight is 662 g/mol. The number of imidazole rings is 1. The first-order valence-electron chi connectivity index (χ1n) is 16.6. The lowest BCUT2D eigenvalue weighted by atomic mass is 9.94. The fourth-order valence-electron chi connectivity index (χ4n) is 6.49. The van der Waals surface area contributed by atoms with Crippen molar-refractivity contribution >= 4 is 34.5 Å². The molecule has 0 spiro atoms. The van der Waals surface area contributed by atoms with Gasteiger partial charge < -0.3 is 33.9 Å². The highest BCUT2D eigenvalue weighted by Gasteiger charge is 2.25. The fourth-order valence-corrected chi connectivity index (χ4v) is 6.61. The molecular weight excluding hydrogens is 614 g/mol. The van der Waals surface area contributed by atoms with Crippen molar-refractivity contribution in [2.24, 2.45) is 0 Å². The summed E-state index contributed by atoms with van der Waals surface area (Å²) in [5.41, 5.74) is 3.89. The molecule has 9 nitrogen and oxygen atoms in total. The number of likely N-dealkylation sites (N-methyl/N-ethyl adjacent to an activating group) is 1. The summed E-state index contributed by atoms with van der Waals surface area (Å²) >= 11 is 6.24. The molecule has 0 radical (unpaired) electrons. The molecule has 0 bridgehead atoms. The van der Waals surface area contributed by atoms with Crippen LogP contribution in [0.1, 0.15) is 60.9 Å². The highest BCUT2D eigenvalue weighted by Crippen LogP contribution is 2.38. The van der Waals surface area contributed by atoms with Gasteiger partial charge in [0.15, 0.2) is 11.5 Å². The molecule has 1 atom stereocenters. The van der Waals surface area contributed by atoms with Crippen LogP contribution in [0.4, 0.5) is 5.95 Å². The predicted molar refractivity (Wildman–Crippen MR) is 190 cm³/mol. The smallest absolute Gasteiger partial charge is 0.253 e. The van der Waals surface area contributed by atoms with Crippen molar-refractivity contribution in [1.29, 1.82) is 0 Å². The van der Waals surface area contributed by atoms with Crippen molar-refractivity contribution < 1.29 is 19.0 Å². The van der Waals surface area contributed by atoms with Gasteiger partial charge in [-0.15, -0.1) is 0 Å². The molecule has 1 amide bonds. The van der Waals surface area contributed by atoms with Crippen LogP contribution in [-0.2, 0) is 6.54 Å². The highest BCUT2D eigenvalue weighted by atomic mass is 35.5. The molecule has 3 aromatic carbocycles. The van der Waals surface area contributed by atoms with E-state index in [-0.39, 0.29) is 11.8 Å². The Kier molecular flexibility index (Phi) is 11.9. The van der Waals surface area contributed by atoms with Crippen LogP contribution in [0.5, 0.6) is 17.2 Å². The number of anilines is 1. The van der Waals surface area contributed by atoms with Crippen molar-refractivity contribution in [1.82, 2.24) is 19.4 Å². The topological polar surface area (TPSA) is 81.1 Å². The molecule has 1 aromatic heterocycles. The maximum atomic E-state index is 13.7. The summed E-state index contributed by atoms with van der Waals surface area (Å²) < 4.78 is 18.8. The number of rotatable bonds is 15. The van der Waals surface area contributed by atoms with Crippen molar-refractivity contribution in [2.75, 3.05) is 59.9 Å². The van der Waals surface area contributed by atoms with E-state index in [1.165, 1.54) is 11.1 Å². The Morgan fingerprint density at radius 2 is 1.68 bits per heavy atom. The van der Waals surface area contributed by atoms with E-state index in [1.54, 1.807) is 38.4 Å². The maximum absolute atomic E-state index is 13.7. The van der Waals surface area contributed by atoms with E-state index in [1.807, 2.05) is 19.2 Å². The molecule has 5 rings (SSSR count). The van der Waals surface area contributed by atoms with E-state index in [4.69, 9.17) is 30.8 Å². The quantitative estimate of drug-likeness (QED) is 0.143. The van der Waals surface area contributed by atoms with Crippen molar-refractivity contribution in [2.45, 2.75) is 57.5 Å². The lowest BCUT2D eigenvalue weighted by molar-refractivity contribution is 0.0781. The SMILES string of the molecule is CCCCn1c(NC2CCN(CCC(CN(C)C(=O)c3cc(OC)c(OC)c(OC)c3)c3ccc(Cl)cc3)CC2)nc2ccccc21. The number of likely N-dealkylation sites (tertiary alicyclic amines) is 1. The normalized spacial score (nSPS) is 14.6. The molecule has 47 heavy (non-hydrogen) atoms. The van der Waals surface area contributed by atoms with Crippen LogP contribution in [0.15, 0.2) is 60.7 Å². The van der Waals surface area contributed by atoms with Crippen LogP contribution in [0.2, 0.25) is 5.02 Å². The standard InChI is InChI=1S/C37H48ClN5O4/c1-6-7-19-43-32-11-9-8-10-31(32)40-37(43)39-30-17-21-42(22-18-30)20-16-27(26-12-14-29(38)15-13-26)25-41(2)36(44)28-23-33(45-3)35(47-5)34(24-28)46-4/h8-15,23-24,27,30H,6-7,16-22,25H2,1-5H3,(H,39,40). The molecule has 1 aliphatic rings. The number of para-hydroxylation sites is 2. The summed E-state index contributed by atoms with van der Waals surface area (Å²) in [5, 5.41) is 4.49. The maximum Gasteiger partial charge on any atom is 0.253 e. The lowest BCUT2D eigenvalue weighted by Crippen LogP contribution is -2.40. The molecule has 1 N–H and O–H groups in total. The Morgan fingerprint density at radius 1 is 1.00 bits per heavy atom. The number of halogens is 1. The minimum atomic E-state index is -0.111. The van der Waals surface area contributed by atoms with E-state index in [0.29, 0.717) is 40.4 Å². The number of ether oxygens (including phenoxy) is 3. The van der Waals surface area contributed by atoms with Gasteiger partial charge in [0.2, 0.25) is 11.7 Å². The summed E-state index contributed by atoms with van der Waals surface area (Å²) in [6.07, 6.45) is 5.31. The number of carbonyl (C=O) groups is 1. The third-order valence-electron chi connectivity index (χ3n) is 9.20. The van der Waals surface area contributed by atoms with Crippen molar-refractivity contribution in [3.8, 4) is 17.2 Å². The Bertz CT molecular complexity index is 1590. The molecule has 10 heteroatoms. The largest absolute Gasteiger partial charge is 0.493 e. The summed E-state index contributed by atoms with van der Waals surface area (Å²) in [4.78, 5) is 22.9. The number of nitrogens with one attached hydrogen (secondary N) is 1. The average Bonchev–Trinajstić information content (AvgIpc) is 3.45. The molecule has 1 saturated heterocycles. The summed E-state index contributed by atoms with van der Waals surface area (Å²) in [7, 11) is 6.50. The first-order valence-corrected chi connectivity index (χ1v) is 17.0. The number of aromatic nitrogens is 2. The van der Waals surface area contributed by atoms with Gasteiger partial charge in [0.05, 0.1) is 32.4 Å². The van der Waals surface area contributed by atoms with Gasteiger partial charge >= 0.3 is 0 Å². The Hall–Kier alpha value is -3.95. The van der Waals surface area contributed by atoms with E-state index < -0.39 is 0 Å². The minimum Gasteiger partial charge on any atom is -0.493 e. The number of piperidine rings is 1. The number of hydrogen-bond acceptors (Lipinski definition) is 7. The number of unbranched alkanes of at least 4 members (excludes halogenated alkanes) is 1. The van der Waals surface area contributed by atoms with E-state index >= 15 is 0 Å². The summed E-state index contributed by atoms with van der Waals surface area (Å²) in [5.74, 6) is 2.38. The van der Waals surface area contributed by atoms with Gasteiger partial charge in [-0.05, 0) is 74.2 Å². The molecule has 1 fully saturated rings. The van der Waals surface area contributed by atoms with E-state index in [0.717, 1.165) is 69.7 Å². The van der Waals surface area contributed by atoms with Crippen LogP contribution >= 0.6 is 11.6 Å². The third kappa shape index (κ3) is 8.32. The number of hydrogen-bond donors (Lipinski definition) is 1. The van der Waals surface area contributed by atoms with Gasteiger partial charge in [-0.25, -0.2) is 4.98 Å². The second-order valence-corrected chi connectivity index (χ2v) is 12.8. The van der Waals surface area contributed by atoms with Crippen LogP contribution in [-0.4, -0.2) is 85.9 Å². The fraction of sp³-hybridized carbons (Fsp3) is 0.459. The zero-order valence-corrected chi connectivity index (χ0v) is 29.1. The molecule has 1 unspecified atom stereocenters. The predicted octanol–water partition coefficient (Wildman–Crippen LogP) is 7.34. The van der Waals surface area contributed by atoms with Gasteiger partial charge in [0, 0.05) is 55.8 Å². The first kappa shape index (κ1) is 34.4. The van der Waals surface area contributed by atoms with E-state index in [9.17, 15) is 4.79 Å². The molecule has 4 aromatic rings. The second-order valence-electron chi connectivity index (χ2n) is 12.3. The molecule has 0 saturated carbocycles. The highest BCUT2D eigenvalue weighted by molar-refractivity contribution is 6.30. The van der Waals surface area contributed by atoms with Crippen LogP contribution in [0.25, 0.3) is 11.0 Å². The van der Waals surface area contributed by atoms with Gasteiger partial charge in [-0.3, -0.25) is 4.79 Å². The minimum absolute atomic E-state index is 0.111. The van der Waals surface area contributed by atoms with Crippen molar-refractivity contribution in [3.05, 3.63) is 76.8 Å². The van der Waals surface area contributed by atoms with Gasteiger partial charge in [0.1, 0.15) is 0 Å². The lowest BCUT2D eigenvalue weighted by Gasteiger charge is -2.34. The monoisotopic (exact) mass is 661 g/mol. The van der Waals surface area contributed by atoms with E-state index in [2.05, 4.69) is 58.1 Å². The van der Waals surface area contributed by atoms with Gasteiger partial charge in [-0.1, -0.05) is 49.2 Å². The third-order valence-corrected chi connectivity index (χ3v) is 9.45. The van der Waals surface area contributed by atoms with Gasteiger partial charge in [-0.2, -0.15) is 0 Å². The number of fused-ring (bicyclic) bond motifs is 1. The number of methoxy groups -OCH3 is 3. The number of carbonyl (C=O) groups excluding carboxylic acids is 1. The van der Waals surface area contributed by atoms with Crippen LogP contribution in [0.3, 0.4) is 0 Å². The zero-order valence-electron chi connectivity index (χ0n) is 28.3. The van der Waals surface area contributed by atoms with Crippen LogP contribution < -0.4 is 19.5 Å². The first-order chi connectivity index (χ1) is 22.8. The molecule has 2 heterocycles. The number of amides is 1. The number of nitrogens with zero attached hydrogens (tertiary/aromatic N) is 4. The molecule has 1 aliphatic heterocycles. The Labute approximate surface area is 283 Å². The Balaban J connectivity index is 1.22. The molecular formula is C37H48ClN5O4. The summed E-state index contributed by atoms with van der Waals surface area (Å²) in [6.45, 7) is 6.73. The van der Waals surface area contributed by atoms with Gasteiger partial charge in [0.25, 0.3) is 5.91 Å². The molecule has 252 valence electrons. The second kappa shape index (κ2) is 16.2. The summed E-state index contributed by atoms with van der Waals surface area (Å²) in [6, 6.07) is 20.2. The van der Waals surface area contributed by atoms with Crippen molar-refractivity contribution in [3.63, 3.8) is 0 Å². The molecule has 0 aliphatic carbocycles. The number of benzene rings is 3. The van der Waals surface area contributed by atoms with Crippen LogP contribution in [0, 0.1) is 0 Å². The zero-order chi connectivity index (χ0) is 33.3. The number of aryl methyl sites for hydroxylation is 1. The Morgan fingerprint density at radius 3 is 2.32 bits per heavy atom.